The van der Waals surface area contributed by atoms with Gasteiger partial charge in [0.25, 0.3) is 5.91 Å². The Kier molecular flexibility index (Phi) is 10.6. The number of amides is 3. The number of hydrogen-bond acceptors (Lipinski definition) is 8. The van der Waals surface area contributed by atoms with E-state index in [1.165, 1.54) is 0 Å². The lowest BCUT2D eigenvalue weighted by Gasteiger charge is -2.38. The average Bonchev–Trinajstić information content (AvgIpc) is 3.48. The maximum absolute atomic E-state index is 13.0. The van der Waals surface area contributed by atoms with E-state index in [2.05, 4.69) is 57.9 Å². The summed E-state index contributed by atoms with van der Waals surface area (Å²) in [5.41, 5.74) is 3.34. The predicted octanol–water partition coefficient (Wildman–Crippen LogP) is 3.73. The summed E-state index contributed by atoms with van der Waals surface area (Å²) in [6.07, 6.45) is 0.475. The van der Waals surface area contributed by atoms with Gasteiger partial charge in [-0.15, -0.1) is 0 Å². The van der Waals surface area contributed by atoms with Crippen LogP contribution in [0, 0.1) is 0 Å². The van der Waals surface area contributed by atoms with E-state index in [4.69, 9.17) is 18.9 Å². The summed E-state index contributed by atoms with van der Waals surface area (Å²) >= 11 is 0. The Labute approximate surface area is 264 Å². The van der Waals surface area contributed by atoms with Crippen molar-refractivity contribution in [2.45, 2.75) is 57.9 Å². The molecule has 242 valence electrons. The van der Waals surface area contributed by atoms with Crippen LogP contribution in [0.25, 0.3) is 0 Å². The molecule has 4 bridgehead atoms. The monoisotopic (exact) mass is 620 g/mol. The number of aromatic nitrogens is 2. The average molecular weight is 621 g/mol. The predicted molar refractivity (Wildman–Crippen MR) is 169 cm³/mol. The number of carbonyl (C=O) groups is 2. The van der Waals surface area contributed by atoms with Crippen molar-refractivity contribution in [3.05, 3.63) is 71.0 Å². The fourth-order valence-corrected chi connectivity index (χ4v) is 5.33. The maximum Gasteiger partial charge on any atom is 0.315 e. The normalized spacial score (nSPS) is 20.0. The molecule has 0 unspecified atom stereocenters. The van der Waals surface area contributed by atoms with Gasteiger partial charge in [-0.05, 0) is 42.3 Å². The van der Waals surface area contributed by atoms with Gasteiger partial charge in [0.1, 0.15) is 23.9 Å². The number of nitrogens with zero attached hydrogens (tertiary/aromatic N) is 2. The molecule has 12 heteroatoms. The van der Waals surface area contributed by atoms with E-state index < -0.39 is 0 Å². The van der Waals surface area contributed by atoms with E-state index in [0.29, 0.717) is 55.7 Å². The molecule has 5 rings (SSSR count). The molecule has 1 fully saturated rings. The van der Waals surface area contributed by atoms with Crippen molar-refractivity contribution in [1.82, 2.24) is 31.0 Å². The molecule has 4 N–H and O–H groups in total. The molecule has 1 saturated heterocycles. The molecule has 1 aromatic heterocycles. The second kappa shape index (κ2) is 14.8. The Balaban J connectivity index is 1.33. The zero-order valence-corrected chi connectivity index (χ0v) is 26.5. The minimum absolute atomic E-state index is 0.0344. The van der Waals surface area contributed by atoms with Crippen LogP contribution in [0.1, 0.15) is 54.5 Å². The molecule has 2 aliphatic heterocycles. The van der Waals surface area contributed by atoms with E-state index in [9.17, 15) is 9.59 Å². The smallest absolute Gasteiger partial charge is 0.315 e. The lowest BCUT2D eigenvalue weighted by molar-refractivity contribution is -0.0306. The summed E-state index contributed by atoms with van der Waals surface area (Å²) in [5, 5.41) is 16.5. The first-order valence-corrected chi connectivity index (χ1v) is 15.4. The number of carbonyl (C=O) groups excluding carboxylic acids is 2. The molecule has 0 spiro atoms. The van der Waals surface area contributed by atoms with Crippen LogP contribution in [0.2, 0.25) is 0 Å². The number of rotatable bonds is 6. The number of methoxy groups -OCH3 is 1. The van der Waals surface area contributed by atoms with Crippen LogP contribution in [0.4, 0.5) is 4.79 Å². The summed E-state index contributed by atoms with van der Waals surface area (Å²) in [6.45, 7) is 10.2. The lowest BCUT2D eigenvalue weighted by Crippen LogP contribution is -2.56. The second-order valence-corrected chi connectivity index (χ2v) is 12.4. The van der Waals surface area contributed by atoms with Gasteiger partial charge in [-0.3, -0.25) is 14.8 Å². The molecule has 0 saturated carbocycles. The number of ether oxygens (including phenoxy) is 4. The Morgan fingerprint density at radius 3 is 2.67 bits per heavy atom. The molecule has 0 aliphatic carbocycles. The fourth-order valence-electron chi connectivity index (χ4n) is 5.33. The Hall–Kier alpha value is -4.13. The third-order valence-corrected chi connectivity index (χ3v) is 7.75. The number of benzene rings is 2. The lowest BCUT2D eigenvalue weighted by atomic mass is 9.92. The SMILES string of the molecule is COCCOc1cc2cc(c1)C(=O)NCCNC(=O)N[C@H]1CCN(Cc3cc(C(C)(C)C)n[nH]3)C[C@@H]1OCc1cccc(c1)O2. The largest absolute Gasteiger partial charge is 0.491 e. The third kappa shape index (κ3) is 9.19. The van der Waals surface area contributed by atoms with Crippen LogP contribution in [-0.2, 0) is 28.0 Å². The number of nitrogens with one attached hydrogen (secondary N) is 4. The standard InChI is InChI=1S/C33H44N6O6/c1-33(2,3)30-17-24(37-38-30)19-39-11-8-28-29(20-39)44-21-22-6-5-7-25(14-22)45-27-16-23(15-26(18-27)43-13-12-42-4)31(40)34-9-10-35-32(41)36-28/h5-7,14-18,28-29H,8-13,19-21H2,1-4H3,(H,34,40)(H,37,38)(H2,35,36,41)/t28-,29-/m0/s1. The topological polar surface area (TPSA) is 139 Å². The van der Waals surface area contributed by atoms with Gasteiger partial charge in [-0.2, -0.15) is 5.10 Å². The minimum Gasteiger partial charge on any atom is -0.491 e. The van der Waals surface area contributed by atoms with Crippen LogP contribution < -0.4 is 25.4 Å². The van der Waals surface area contributed by atoms with Crippen molar-refractivity contribution in [2.24, 2.45) is 0 Å². The molecular formula is C33H44N6O6. The van der Waals surface area contributed by atoms with E-state index >= 15 is 0 Å². The molecule has 2 atom stereocenters. The first-order chi connectivity index (χ1) is 21.7. The Morgan fingerprint density at radius 2 is 1.87 bits per heavy atom. The maximum atomic E-state index is 13.0. The number of piperidine rings is 1. The molecule has 3 heterocycles. The number of H-pyrrole nitrogens is 1. The first-order valence-electron chi connectivity index (χ1n) is 15.4. The molecule has 12 nitrogen and oxygen atoms in total. The second-order valence-electron chi connectivity index (χ2n) is 12.4. The van der Waals surface area contributed by atoms with E-state index in [1.54, 1.807) is 25.3 Å². The number of urea groups is 1. The van der Waals surface area contributed by atoms with Crippen molar-refractivity contribution in [3.63, 3.8) is 0 Å². The third-order valence-electron chi connectivity index (χ3n) is 7.75. The number of fused-ring (bicyclic) bond motifs is 5. The van der Waals surface area contributed by atoms with Gasteiger partial charge < -0.3 is 34.9 Å². The van der Waals surface area contributed by atoms with Crippen LogP contribution in [0.5, 0.6) is 17.2 Å². The van der Waals surface area contributed by atoms with Crippen molar-refractivity contribution in [3.8, 4) is 17.2 Å². The summed E-state index contributed by atoms with van der Waals surface area (Å²) in [6, 6.07) is 14.3. The quantitative estimate of drug-likeness (QED) is 0.306. The summed E-state index contributed by atoms with van der Waals surface area (Å²) in [5.74, 6) is 1.24. The van der Waals surface area contributed by atoms with Gasteiger partial charge in [0.2, 0.25) is 0 Å². The van der Waals surface area contributed by atoms with Gasteiger partial charge in [-0.25, -0.2) is 4.79 Å². The number of likely N-dealkylation sites (tertiary alicyclic amines) is 1. The van der Waals surface area contributed by atoms with E-state index in [0.717, 1.165) is 29.9 Å². The molecular weight excluding hydrogens is 576 g/mol. The zero-order chi connectivity index (χ0) is 31.8. The highest BCUT2D eigenvalue weighted by atomic mass is 16.5. The number of aromatic amines is 1. The van der Waals surface area contributed by atoms with Crippen LogP contribution >= 0.6 is 0 Å². The first kappa shape index (κ1) is 32.3. The van der Waals surface area contributed by atoms with Gasteiger partial charge in [0, 0.05) is 62.6 Å². The molecule has 2 aromatic carbocycles. The molecule has 45 heavy (non-hydrogen) atoms. The van der Waals surface area contributed by atoms with Crippen molar-refractivity contribution in [2.75, 3.05) is 46.5 Å². The molecule has 3 aromatic rings. The van der Waals surface area contributed by atoms with Gasteiger partial charge in [-0.1, -0.05) is 32.9 Å². The van der Waals surface area contributed by atoms with Crippen LogP contribution in [0.3, 0.4) is 0 Å². The summed E-state index contributed by atoms with van der Waals surface area (Å²) in [7, 11) is 1.60. The number of hydrogen-bond donors (Lipinski definition) is 4. The highest BCUT2D eigenvalue weighted by Gasteiger charge is 2.32. The fraction of sp³-hybridized carbons (Fsp3) is 0.485. The summed E-state index contributed by atoms with van der Waals surface area (Å²) in [4.78, 5) is 28.2. The van der Waals surface area contributed by atoms with Crippen molar-refractivity contribution in [1.29, 1.82) is 0 Å². The van der Waals surface area contributed by atoms with Crippen LogP contribution in [-0.4, -0.2) is 85.7 Å². The van der Waals surface area contributed by atoms with E-state index in [1.807, 2.05) is 24.3 Å². The zero-order valence-electron chi connectivity index (χ0n) is 26.5. The Morgan fingerprint density at radius 1 is 1.02 bits per heavy atom. The van der Waals surface area contributed by atoms with Gasteiger partial charge in [0.05, 0.1) is 31.1 Å². The minimum atomic E-state index is -0.304. The highest BCUT2D eigenvalue weighted by molar-refractivity contribution is 5.95. The molecule has 0 radical (unpaired) electrons. The van der Waals surface area contributed by atoms with Crippen molar-refractivity contribution >= 4 is 11.9 Å². The molecule has 3 amide bonds. The molecule has 2 aliphatic rings. The van der Waals surface area contributed by atoms with Crippen LogP contribution in [0.15, 0.2) is 48.5 Å². The summed E-state index contributed by atoms with van der Waals surface area (Å²) < 4.78 is 23.6. The van der Waals surface area contributed by atoms with Crippen molar-refractivity contribution < 1.29 is 28.5 Å². The van der Waals surface area contributed by atoms with Gasteiger partial charge >= 0.3 is 6.03 Å². The highest BCUT2D eigenvalue weighted by Crippen LogP contribution is 2.29. The Bertz CT molecular complexity index is 1450. The van der Waals surface area contributed by atoms with Gasteiger partial charge in [0.15, 0.2) is 0 Å². The van der Waals surface area contributed by atoms with E-state index in [-0.39, 0.29) is 42.6 Å².